The van der Waals surface area contributed by atoms with Crippen LogP contribution in [0.4, 0.5) is 5.69 Å². The van der Waals surface area contributed by atoms with E-state index in [-0.39, 0.29) is 5.91 Å². The molecular formula is C23H23NO5S2. The number of carboxylic acids is 1. The number of aliphatic carboxylic acids is 1. The van der Waals surface area contributed by atoms with Crippen LogP contribution in [0.15, 0.2) is 41.3 Å². The number of anilines is 1. The van der Waals surface area contributed by atoms with E-state index >= 15 is 0 Å². The first-order chi connectivity index (χ1) is 14.7. The van der Waals surface area contributed by atoms with Gasteiger partial charge in [0.05, 0.1) is 17.2 Å². The summed E-state index contributed by atoms with van der Waals surface area (Å²) in [6.07, 6.45) is 0.731. The summed E-state index contributed by atoms with van der Waals surface area (Å²) in [6, 6.07) is 11.0. The molecule has 1 fully saturated rings. The fourth-order valence-corrected chi connectivity index (χ4v) is 4.39. The lowest BCUT2D eigenvalue weighted by Gasteiger charge is -2.17. The number of carbonyl (C=O) groups is 2. The highest BCUT2D eigenvalue weighted by Crippen LogP contribution is 2.38. The Hall–Kier alpha value is -2.84. The summed E-state index contributed by atoms with van der Waals surface area (Å²) in [5.74, 6) is -0.507. The second-order valence-electron chi connectivity index (χ2n) is 7.04. The van der Waals surface area contributed by atoms with Crippen LogP contribution in [-0.2, 0) is 9.59 Å². The number of hydrogen-bond acceptors (Lipinski definition) is 6. The minimum Gasteiger partial charge on any atom is -0.490 e. The van der Waals surface area contributed by atoms with E-state index in [0.717, 1.165) is 22.4 Å². The number of benzene rings is 2. The lowest BCUT2D eigenvalue weighted by molar-refractivity contribution is -0.144. The zero-order valence-electron chi connectivity index (χ0n) is 17.7. The monoisotopic (exact) mass is 457 g/mol. The highest BCUT2D eigenvalue weighted by atomic mass is 32.2. The van der Waals surface area contributed by atoms with Gasteiger partial charge in [-0.2, -0.15) is 0 Å². The predicted molar refractivity (Wildman–Crippen MR) is 127 cm³/mol. The van der Waals surface area contributed by atoms with Crippen molar-refractivity contribution in [3.05, 3.63) is 58.0 Å². The summed E-state index contributed by atoms with van der Waals surface area (Å²) in [5.41, 5.74) is 3.59. The Kier molecular flexibility index (Phi) is 7.02. The van der Waals surface area contributed by atoms with Crippen molar-refractivity contribution in [2.75, 3.05) is 11.5 Å². The van der Waals surface area contributed by atoms with Gasteiger partial charge in [-0.15, -0.1) is 0 Å². The van der Waals surface area contributed by atoms with Gasteiger partial charge in [-0.25, -0.2) is 4.79 Å². The fraction of sp³-hybridized carbons (Fsp3) is 0.261. The molecule has 0 bridgehead atoms. The Labute approximate surface area is 190 Å². The van der Waals surface area contributed by atoms with Crippen molar-refractivity contribution in [1.29, 1.82) is 0 Å². The van der Waals surface area contributed by atoms with Gasteiger partial charge in [-0.05, 0) is 63.1 Å². The average molecular weight is 458 g/mol. The molecule has 1 aliphatic rings. The van der Waals surface area contributed by atoms with Crippen LogP contribution in [0, 0.1) is 13.8 Å². The molecule has 1 aliphatic heterocycles. The maximum Gasteiger partial charge on any atom is 0.344 e. The number of nitrogens with zero attached hydrogens (tertiary/aromatic N) is 1. The second kappa shape index (κ2) is 9.53. The lowest BCUT2D eigenvalue weighted by Crippen LogP contribution is -2.28. The average Bonchev–Trinajstić information content (AvgIpc) is 2.97. The first-order valence-electron chi connectivity index (χ1n) is 9.72. The van der Waals surface area contributed by atoms with Crippen LogP contribution in [0.5, 0.6) is 11.5 Å². The van der Waals surface area contributed by atoms with Gasteiger partial charge in [0, 0.05) is 0 Å². The number of thioether (sulfide) groups is 1. The summed E-state index contributed by atoms with van der Waals surface area (Å²) in [5, 5.41) is 9.08. The standard InChI is InChI=1S/C23H23NO5S2/c1-5-28-19-11-16(7-9-18(19)29-15(4)22(26)27)12-20-21(25)24(23(30)31-20)17-8-6-13(2)10-14(17)3/h6-12,15H,5H2,1-4H3,(H,26,27)/b20-12+. The van der Waals surface area contributed by atoms with Gasteiger partial charge >= 0.3 is 5.97 Å². The summed E-state index contributed by atoms with van der Waals surface area (Å²) >= 11 is 6.71. The molecule has 0 saturated carbocycles. The first-order valence-corrected chi connectivity index (χ1v) is 10.9. The Morgan fingerprint density at radius 1 is 1.23 bits per heavy atom. The van der Waals surface area contributed by atoms with Crippen LogP contribution in [0.3, 0.4) is 0 Å². The number of aryl methyl sites for hydroxylation is 2. The number of rotatable bonds is 7. The van der Waals surface area contributed by atoms with E-state index in [4.69, 9.17) is 26.8 Å². The highest BCUT2D eigenvalue weighted by Gasteiger charge is 2.34. The third-order valence-corrected chi connectivity index (χ3v) is 5.91. The zero-order chi connectivity index (χ0) is 22.7. The number of ether oxygens (including phenoxy) is 2. The topological polar surface area (TPSA) is 76.1 Å². The second-order valence-corrected chi connectivity index (χ2v) is 8.72. The molecule has 0 radical (unpaired) electrons. The maximum absolute atomic E-state index is 13.1. The minimum atomic E-state index is -1.07. The van der Waals surface area contributed by atoms with Crippen molar-refractivity contribution >= 4 is 51.9 Å². The minimum absolute atomic E-state index is 0.181. The van der Waals surface area contributed by atoms with Gasteiger partial charge in [0.15, 0.2) is 21.9 Å². The number of carbonyl (C=O) groups excluding carboxylic acids is 1. The third-order valence-electron chi connectivity index (χ3n) is 4.60. The maximum atomic E-state index is 13.1. The first kappa shape index (κ1) is 22.8. The molecule has 0 spiro atoms. The molecule has 2 aromatic rings. The zero-order valence-corrected chi connectivity index (χ0v) is 19.3. The molecule has 1 amide bonds. The van der Waals surface area contributed by atoms with E-state index in [2.05, 4.69) is 0 Å². The molecule has 1 atom stereocenters. The van der Waals surface area contributed by atoms with Crippen molar-refractivity contribution in [2.45, 2.75) is 33.8 Å². The number of carboxylic acid groups (broad SMARTS) is 1. The quantitative estimate of drug-likeness (QED) is 0.465. The largest absolute Gasteiger partial charge is 0.490 e. The van der Waals surface area contributed by atoms with Crippen LogP contribution in [-0.4, -0.2) is 34.0 Å². The molecular weight excluding hydrogens is 434 g/mol. The van der Waals surface area contributed by atoms with Crippen LogP contribution >= 0.6 is 24.0 Å². The van der Waals surface area contributed by atoms with Crippen molar-refractivity contribution in [1.82, 2.24) is 0 Å². The summed E-state index contributed by atoms with van der Waals surface area (Å²) < 4.78 is 11.6. The van der Waals surface area contributed by atoms with Gasteiger partial charge in [-0.3, -0.25) is 9.69 Å². The molecule has 8 heteroatoms. The summed E-state index contributed by atoms with van der Waals surface area (Å²) in [6.45, 7) is 7.61. The Morgan fingerprint density at radius 2 is 1.97 bits per heavy atom. The Morgan fingerprint density at radius 3 is 2.61 bits per heavy atom. The van der Waals surface area contributed by atoms with Gasteiger partial charge < -0.3 is 14.6 Å². The van der Waals surface area contributed by atoms with Crippen molar-refractivity contribution in [3.8, 4) is 11.5 Å². The SMILES string of the molecule is CCOc1cc(/C=C2/SC(=S)N(c3ccc(C)cc3C)C2=O)ccc1OC(C)C(=O)O. The van der Waals surface area contributed by atoms with Crippen molar-refractivity contribution in [3.63, 3.8) is 0 Å². The molecule has 2 aromatic carbocycles. The van der Waals surface area contributed by atoms with Crippen LogP contribution in [0.1, 0.15) is 30.5 Å². The predicted octanol–water partition coefficient (Wildman–Crippen LogP) is 4.96. The van der Waals surface area contributed by atoms with E-state index in [0.29, 0.717) is 27.3 Å². The van der Waals surface area contributed by atoms with Crippen molar-refractivity contribution in [2.24, 2.45) is 0 Å². The van der Waals surface area contributed by atoms with Gasteiger partial charge in [0.1, 0.15) is 0 Å². The third kappa shape index (κ3) is 5.08. The smallest absolute Gasteiger partial charge is 0.344 e. The molecule has 1 saturated heterocycles. The number of thiocarbonyl (C=S) groups is 1. The van der Waals surface area contributed by atoms with Crippen LogP contribution in [0.25, 0.3) is 6.08 Å². The normalized spacial score (nSPS) is 16.0. The Bertz CT molecular complexity index is 1080. The van der Waals surface area contributed by atoms with E-state index < -0.39 is 12.1 Å². The molecule has 1 unspecified atom stereocenters. The van der Waals surface area contributed by atoms with Gasteiger partial charge in [-0.1, -0.05) is 47.7 Å². The molecule has 0 aliphatic carbocycles. The van der Waals surface area contributed by atoms with Gasteiger partial charge in [0.2, 0.25) is 0 Å². The van der Waals surface area contributed by atoms with Crippen LogP contribution < -0.4 is 14.4 Å². The molecule has 3 rings (SSSR count). The Balaban J connectivity index is 1.90. The number of amides is 1. The molecule has 31 heavy (non-hydrogen) atoms. The molecule has 162 valence electrons. The van der Waals surface area contributed by atoms with E-state index in [9.17, 15) is 9.59 Å². The highest BCUT2D eigenvalue weighted by molar-refractivity contribution is 8.27. The molecule has 1 heterocycles. The van der Waals surface area contributed by atoms with E-state index in [1.165, 1.54) is 18.7 Å². The molecule has 6 nitrogen and oxygen atoms in total. The van der Waals surface area contributed by atoms with E-state index in [1.807, 2.05) is 39.0 Å². The van der Waals surface area contributed by atoms with Crippen LogP contribution in [0.2, 0.25) is 0 Å². The number of hydrogen-bond donors (Lipinski definition) is 1. The summed E-state index contributed by atoms with van der Waals surface area (Å²) in [7, 11) is 0. The summed E-state index contributed by atoms with van der Waals surface area (Å²) in [4.78, 5) is 26.2. The lowest BCUT2D eigenvalue weighted by atomic mass is 10.1. The van der Waals surface area contributed by atoms with E-state index in [1.54, 1.807) is 29.2 Å². The van der Waals surface area contributed by atoms with Gasteiger partial charge in [0.25, 0.3) is 5.91 Å². The fourth-order valence-electron chi connectivity index (χ4n) is 3.10. The van der Waals surface area contributed by atoms with Crippen molar-refractivity contribution < 1.29 is 24.2 Å². The molecule has 0 aromatic heterocycles. The molecule has 1 N–H and O–H groups in total.